The topological polar surface area (TPSA) is 95.6 Å². The Kier molecular flexibility index (Phi) is 4.39. The van der Waals surface area contributed by atoms with E-state index in [-0.39, 0.29) is 36.4 Å². The quantitative estimate of drug-likeness (QED) is 0.816. The van der Waals surface area contributed by atoms with E-state index in [2.05, 4.69) is 10.2 Å². The zero-order valence-electron chi connectivity index (χ0n) is 14.9. The summed E-state index contributed by atoms with van der Waals surface area (Å²) in [6.45, 7) is 0.365. The smallest absolute Gasteiger partial charge is 0.311 e. The van der Waals surface area contributed by atoms with Crippen molar-refractivity contribution in [3.05, 3.63) is 53.9 Å². The van der Waals surface area contributed by atoms with E-state index in [0.29, 0.717) is 18.5 Å². The summed E-state index contributed by atoms with van der Waals surface area (Å²) in [4.78, 5) is 41.3. The van der Waals surface area contributed by atoms with E-state index in [4.69, 9.17) is 4.74 Å². The number of ether oxygens (including phenoxy) is 1. The number of carbonyl (C=O) groups is 3. The zero-order valence-corrected chi connectivity index (χ0v) is 14.9. The Morgan fingerprint density at radius 1 is 1.26 bits per heavy atom. The van der Waals surface area contributed by atoms with Crippen molar-refractivity contribution in [1.82, 2.24) is 20.0 Å². The lowest BCUT2D eigenvalue weighted by molar-refractivity contribution is -0.147. The number of methoxy groups -OCH3 is 1. The first-order chi connectivity index (χ1) is 13.1. The number of fused-ring (bicyclic) bond motifs is 1. The van der Waals surface area contributed by atoms with Gasteiger partial charge in [0.15, 0.2) is 0 Å². The maximum Gasteiger partial charge on any atom is 0.311 e. The van der Waals surface area contributed by atoms with E-state index < -0.39 is 5.92 Å². The van der Waals surface area contributed by atoms with E-state index in [1.165, 1.54) is 24.4 Å². The molecule has 2 amide bonds. The molecule has 8 nitrogen and oxygen atoms in total. The highest BCUT2D eigenvalue weighted by Gasteiger charge is 2.51. The van der Waals surface area contributed by atoms with Crippen LogP contribution in [0.1, 0.15) is 28.4 Å². The molecule has 0 bridgehead atoms. The molecule has 0 aliphatic carbocycles. The van der Waals surface area contributed by atoms with Crippen LogP contribution in [0.5, 0.6) is 0 Å². The molecule has 0 spiro atoms. The van der Waals surface area contributed by atoms with Gasteiger partial charge in [0, 0.05) is 12.7 Å². The molecule has 1 aromatic heterocycles. The van der Waals surface area contributed by atoms with Gasteiger partial charge in [-0.2, -0.15) is 5.10 Å². The maximum absolute atomic E-state index is 13.0. The molecule has 3 atom stereocenters. The average molecular weight is 368 g/mol. The molecule has 2 aliphatic rings. The number of benzene rings is 1. The minimum absolute atomic E-state index is 0.0161. The SMILES string of the molecule is COC(=O)[C@H]1C[C@H]2CN(C(=O)c3cn[nH]c3)CC(=O)N2[C@H]1c1ccccc1. The molecule has 1 aromatic carbocycles. The van der Waals surface area contributed by atoms with Crippen LogP contribution in [0, 0.1) is 5.92 Å². The summed E-state index contributed by atoms with van der Waals surface area (Å²) in [6.07, 6.45) is 3.42. The standard InChI is InChI=1S/C19H20N4O4/c1-27-19(26)15-7-14-10-22(18(25)13-8-20-21-9-13)11-16(24)23(14)17(15)12-5-3-2-4-6-12/h2-6,8-9,14-15,17H,7,10-11H2,1H3,(H,20,21)/t14-,15-,17-/m0/s1. The van der Waals surface area contributed by atoms with Crippen LogP contribution in [0.4, 0.5) is 0 Å². The lowest BCUT2D eigenvalue weighted by Gasteiger charge is -2.40. The maximum atomic E-state index is 13.0. The molecule has 27 heavy (non-hydrogen) atoms. The fraction of sp³-hybridized carbons (Fsp3) is 0.368. The molecule has 2 fully saturated rings. The summed E-state index contributed by atoms with van der Waals surface area (Å²) in [6, 6.07) is 8.91. The van der Waals surface area contributed by atoms with Crippen LogP contribution in [0.25, 0.3) is 0 Å². The van der Waals surface area contributed by atoms with Gasteiger partial charge in [-0.05, 0) is 12.0 Å². The number of H-pyrrole nitrogens is 1. The molecule has 2 aromatic rings. The van der Waals surface area contributed by atoms with Gasteiger partial charge >= 0.3 is 5.97 Å². The number of amides is 2. The van der Waals surface area contributed by atoms with E-state index >= 15 is 0 Å². The summed E-state index contributed by atoms with van der Waals surface area (Å²) in [5.74, 6) is -1.19. The number of carbonyl (C=O) groups excluding carboxylic acids is 3. The van der Waals surface area contributed by atoms with Gasteiger partial charge in [-0.3, -0.25) is 19.5 Å². The first-order valence-corrected chi connectivity index (χ1v) is 8.82. The Morgan fingerprint density at radius 3 is 2.70 bits per heavy atom. The van der Waals surface area contributed by atoms with Gasteiger partial charge in [-0.25, -0.2) is 0 Å². The largest absolute Gasteiger partial charge is 0.469 e. The lowest BCUT2D eigenvalue weighted by Crippen LogP contribution is -2.55. The molecule has 8 heteroatoms. The number of hydrogen-bond acceptors (Lipinski definition) is 5. The number of nitrogens with zero attached hydrogens (tertiary/aromatic N) is 3. The van der Waals surface area contributed by atoms with Crippen molar-refractivity contribution in [2.24, 2.45) is 5.92 Å². The predicted octanol–water partition coefficient (Wildman–Crippen LogP) is 0.997. The second-order valence-corrected chi connectivity index (χ2v) is 6.85. The van der Waals surface area contributed by atoms with Crippen LogP contribution in [-0.2, 0) is 14.3 Å². The Morgan fingerprint density at radius 2 is 2.04 bits per heavy atom. The molecular weight excluding hydrogens is 348 g/mol. The van der Waals surface area contributed by atoms with E-state index in [9.17, 15) is 14.4 Å². The number of esters is 1. The molecule has 3 heterocycles. The van der Waals surface area contributed by atoms with Gasteiger partial charge in [0.25, 0.3) is 5.91 Å². The Balaban J connectivity index is 1.63. The van der Waals surface area contributed by atoms with Gasteiger partial charge < -0.3 is 14.5 Å². The van der Waals surface area contributed by atoms with Crippen LogP contribution < -0.4 is 0 Å². The summed E-state index contributed by atoms with van der Waals surface area (Å²) in [7, 11) is 1.36. The highest BCUT2D eigenvalue weighted by molar-refractivity contribution is 5.97. The number of rotatable bonds is 3. The molecular formula is C19H20N4O4. The molecule has 0 radical (unpaired) electrons. The molecule has 0 saturated carbocycles. The minimum atomic E-state index is -0.449. The van der Waals surface area contributed by atoms with Crippen LogP contribution in [-0.4, -0.2) is 64.0 Å². The minimum Gasteiger partial charge on any atom is -0.469 e. The highest BCUT2D eigenvalue weighted by Crippen LogP contribution is 2.43. The van der Waals surface area contributed by atoms with Crippen molar-refractivity contribution in [1.29, 1.82) is 0 Å². The summed E-state index contributed by atoms with van der Waals surface area (Å²) >= 11 is 0. The van der Waals surface area contributed by atoms with Gasteiger partial charge in [0.05, 0.1) is 36.9 Å². The van der Waals surface area contributed by atoms with E-state index in [0.717, 1.165) is 5.56 Å². The Bertz CT molecular complexity index is 852. The van der Waals surface area contributed by atoms with Crippen LogP contribution in [0.2, 0.25) is 0 Å². The van der Waals surface area contributed by atoms with Crippen LogP contribution >= 0.6 is 0 Å². The van der Waals surface area contributed by atoms with Crippen molar-refractivity contribution in [3.63, 3.8) is 0 Å². The number of piperazine rings is 1. The zero-order chi connectivity index (χ0) is 19.0. The van der Waals surface area contributed by atoms with Crippen molar-refractivity contribution in [2.45, 2.75) is 18.5 Å². The Hall–Kier alpha value is -3.16. The van der Waals surface area contributed by atoms with Crippen LogP contribution in [0.15, 0.2) is 42.7 Å². The average Bonchev–Trinajstić information content (AvgIpc) is 3.35. The number of aromatic amines is 1. The third kappa shape index (κ3) is 2.97. The second kappa shape index (κ2) is 6.86. The van der Waals surface area contributed by atoms with E-state index in [1.54, 1.807) is 4.90 Å². The van der Waals surface area contributed by atoms with Gasteiger partial charge in [-0.15, -0.1) is 0 Å². The van der Waals surface area contributed by atoms with Crippen LogP contribution in [0.3, 0.4) is 0 Å². The normalized spacial score (nSPS) is 24.6. The van der Waals surface area contributed by atoms with Gasteiger partial charge in [0.1, 0.15) is 6.54 Å². The third-order valence-corrected chi connectivity index (χ3v) is 5.32. The number of hydrogen-bond donors (Lipinski definition) is 1. The third-order valence-electron chi connectivity index (χ3n) is 5.32. The van der Waals surface area contributed by atoms with Crippen molar-refractivity contribution in [3.8, 4) is 0 Å². The van der Waals surface area contributed by atoms with Crippen molar-refractivity contribution in [2.75, 3.05) is 20.2 Å². The summed E-state index contributed by atoms with van der Waals surface area (Å²) < 4.78 is 4.99. The molecule has 1 N–H and O–H groups in total. The van der Waals surface area contributed by atoms with Gasteiger partial charge in [0.2, 0.25) is 5.91 Å². The molecule has 2 aliphatic heterocycles. The summed E-state index contributed by atoms with van der Waals surface area (Å²) in [5.41, 5.74) is 1.32. The fourth-order valence-corrected chi connectivity index (χ4v) is 4.17. The molecule has 2 saturated heterocycles. The predicted molar refractivity (Wildman–Crippen MR) is 94.4 cm³/mol. The van der Waals surface area contributed by atoms with E-state index in [1.807, 2.05) is 30.3 Å². The van der Waals surface area contributed by atoms with Gasteiger partial charge in [-0.1, -0.05) is 30.3 Å². The van der Waals surface area contributed by atoms with Crippen molar-refractivity contribution >= 4 is 17.8 Å². The molecule has 4 rings (SSSR count). The second-order valence-electron chi connectivity index (χ2n) is 6.85. The lowest BCUT2D eigenvalue weighted by atomic mass is 9.93. The Labute approximate surface area is 156 Å². The first kappa shape index (κ1) is 17.3. The highest BCUT2D eigenvalue weighted by atomic mass is 16.5. The first-order valence-electron chi connectivity index (χ1n) is 8.82. The summed E-state index contributed by atoms with van der Waals surface area (Å²) in [5, 5.41) is 6.40. The molecule has 140 valence electrons. The number of aromatic nitrogens is 2. The fourth-order valence-electron chi connectivity index (χ4n) is 4.17. The monoisotopic (exact) mass is 368 g/mol. The number of nitrogens with one attached hydrogen (secondary N) is 1. The van der Waals surface area contributed by atoms with Crippen molar-refractivity contribution < 1.29 is 19.1 Å². The molecule has 0 unspecified atom stereocenters.